The molecular weight excluding hydrogens is 420 g/mol. The summed E-state index contributed by atoms with van der Waals surface area (Å²) in [7, 11) is 2.25. The topological polar surface area (TPSA) is 6.48 Å². The fourth-order valence-corrected chi connectivity index (χ4v) is 7.17. The van der Waals surface area contributed by atoms with Gasteiger partial charge in [-0.3, -0.25) is 0 Å². The van der Waals surface area contributed by atoms with E-state index >= 15 is 0 Å². The largest absolute Gasteiger partial charge is 0.363 e. The molecule has 33 heavy (non-hydrogen) atoms. The van der Waals surface area contributed by atoms with E-state index in [9.17, 15) is 0 Å². The van der Waals surface area contributed by atoms with Gasteiger partial charge in [-0.1, -0.05) is 60.7 Å². The molecule has 0 fully saturated rings. The van der Waals surface area contributed by atoms with Gasteiger partial charge in [-0.2, -0.15) is 0 Å². The van der Waals surface area contributed by atoms with Crippen molar-refractivity contribution in [3.05, 3.63) is 124 Å². The average Bonchev–Trinajstić information content (AvgIpc) is 3.48. The minimum atomic E-state index is 0.262. The molecule has 0 N–H and O–H groups in total. The first kappa shape index (κ1) is 19.2. The van der Waals surface area contributed by atoms with Crippen LogP contribution in [0.2, 0.25) is 0 Å². The second kappa shape index (κ2) is 7.36. The number of anilines is 2. The Kier molecular flexibility index (Phi) is 4.28. The molecule has 7 rings (SSSR count). The van der Waals surface area contributed by atoms with Crippen molar-refractivity contribution < 1.29 is 0 Å². The van der Waals surface area contributed by atoms with Gasteiger partial charge in [0, 0.05) is 34.9 Å². The van der Waals surface area contributed by atoms with E-state index in [1.807, 2.05) is 11.3 Å². The third-order valence-electron chi connectivity index (χ3n) is 7.62. The van der Waals surface area contributed by atoms with Crippen LogP contribution in [-0.4, -0.2) is 18.0 Å². The maximum atomic E-state index is 2.51. The van der Waals surface area contributed by atoms with Crippen molar-refractivity contribution in [2.24, 2.45) is 0 Å². The van der Waals surface area contributed by atoms with Crippen LogP contribution in [0.15, 0.2) is 102 Å². The molecular formula is C30H26N2S. The Bertz CT molecular complexity index is 1350. The Morgan fingerprint density at radius 3 is 2.67 bits per heavy atom. The summed E-state index contributed by atoms with van der Waals surface area (Å²) < 4.78 is 0. The Labute approximate surface area is 199 Å². The average molecular weight is 447 g/mol. The van der Waals surface area contributed by atoms with E-state index in [-0.39, 0.29) is 6.04 Å². The molecule has 4 aliphatic rings. The highest BCUT2D eigenvalue weighted by Crippen LogP contribution is 2.49. The zero-order chi connectivity index (χ0) is 21.9. The van der Waals surface area contributed by atoms with Crippen molar-refractivity contribution in [2.45, 2.75) is 30.8 Å². The SMILES string of the molecule is CN1C2=C(CCC=C2)c2sccc2C1c1ccc(N2c3ccccc3C3C=CC=CC32)cc1. The molecule has 2 aliphatic heterocycles. The molecule has 0 saturated heterocycles. The summed E-state index contributed by atoms with van der Waals surface area (Å²) in [6, 6.07) is 21.1. The highest BCUT2D eigenvalue weighted by atomic mass is 32.1. The molecule has 0 saturated carbocycles. The molecule has 1 aromatic heterocycles. The molecule has 3 heteroatoms. The number of thiophene rings is 1. The molecule has 0 radical (unpaired) electrons. The molecule has 3 unspecified atom stereocenters. The maximum Gasteiger partial charge on any atom is 0.0806 e. The van der Waals surface area contributed by atoms with Gasteiger partial charge in [0.15, 0.2) is 0 Å². The highest BCUT2D eigenvalue weighted by molar-refractivity contribution is 7.11. The molecule has 0 bridgehead atoms. The Hall–Kier alpha value is -3.30. The number of fused-ring (bicyclic) bond motifs is 5. The van der Waals surface area contributed by atoms with Crippen LogP contribution in [0.1, 0.15) is 46.4 Å². The standard InChI is InChI=1S/C30H26N2S/c1-31-26-11-5-4-10-24(26)30-25(18-19-33-30)29(31)20-14-16-21(17-15-20)32-27-12-6-2-8-22(27)23-9-3-7-13-28(23)32/h2-3,5-9,11-19,22,27,29H,4,10H2,1H3. The molecule has 2 aliphatic carbocycles. The van der Waals surface area contributed by atoms with Crippen LogP contribution in [0, 0.1) is 0 Å². The van der Waals surface area contributed by atoms with Gasteiger partial charge >= 0.3 is 0 Å². The second-order valence-corrected chi connectivity index (χ2v) is 10.2. The van der Waals surface area contributed by atoms with Crippen molar-refractivity contribution in [1.82, 2.24) is 4.90 Å². The zero-order valence-electron chi connectivity index (χ0n) is 18.7. The van der Waals surface area contributed by atoms with Gasteiger partial charge in [-0.25, -0.2) is 0 Å². The number of allylic oxidation sites excluding steroid dienone is 5. The van der Waals surface area contributed by atoms with E-state index in [2.05, 4.69) is 113 Å². The van der Waals surface area contributed by atoms with Crippen LogP contribution < -0.4 is 4.90 Å². The van der Waals surface area contributed by atoms with Gasteiger partial charge in [0.05, 0.1) is 12.1 Å². The summed E-state index contributed by atoms with van der Waals surface area (Å²) >= 11 is 1.90. The Balaban J connectivity index is 1.28. The lowest BCUT2D eigenvalue weighted by Crippen LogP contribution is -2.30. The first-order valence-electron chi connectivity index (χ1n) is 11.8. The molecule has 3 aromatic rings. The van der Waals surface area contributed by atoms with Crippen molar-refractivity contribution in [3.63, 3.8) is 0 Å². The summed E-state index contributed by atoms with van der Waals surface area (Å²) in [5, 5.41) is 2.26. The quantitative estimate of drug-likeness (QED) is 0.400. The third kappa shape index (κ3) is 2.79. The number of likely N-dealkylation sites (N-methyl/N-ethyl adjacent to an activating group) is 1. The van der Waals surface area contributed by atoms with Crippen molar-refractivity contribution in [2.75, 3.05) is 11.9 Å². The molecule has 162 valence electrons. The first-order valence-corrected chi connectivity index (χ1v) is 12.7. The summed E-state index contributed by atoms with van der Waals surface area (Å²) in [6.07, 6.45) is 16.0. The molecule has 3 atom stereocenters. The van der Waals surface area contributed by atoms with Crippen LogP contribution in [0.3, 0.4) is 0 Å². The predicted octanol–water partition coefficient (Wildman–Crippen LogP) is 7.57. The minimum absolute atomic E-state index is 0.262. The smallest absolute Gasteiger partial charge is 0.0806 e. The number of benzene rings is 2. The van der Waals surface area contributed by atoms with Crippen LogP contribution >= 0.6 is 11.3 Å². The van der Waals surface area contributed by atoms with Gasteiger partial charge in [-0.05, 0) is 70.8 Å². The Morgan fingerprint density at radius 1 is 0.909 bits per heavy atom. The summed E-state index contributed by atoms with van der Waals surface area (Å²) in [5.74, 6) is 0.423. The Morgan fingerprint density at radius 2 is 1.76 bits per heavy atom. The lowest BCUT2D eigenvalue weighted by molar-refractivity contribution is 0.356. The van der Waals surface area contributed by atoms with E-state index in [4.69, 9.17) is 0 Å². The molecule has 0 spiro atoms. The monoisotopic (exact) mass is 446 g/mol. The van der Waals surface area contributed by atoms with Crippen LogP contribution in [-0.2, 0) is 0 Å². The summed E-state index contributed by atoms with van der Waals surface area (Å²) in [4.78, 5) is 6.47. The number of rotatable bonds is 2. The van der Waals surface area contributed by atoms with E-state index in [0.29, 0.717) is 12.0 Å². The number of nitrogens with zero attached hydrogens (tertiary/aromatic N) is 2. The molecule has 3 heterocycles. The summed E-state index contributed by atoms with van der Waals surface area (Å²) in [5.41, 5.74) is 9.74. The van der Waals surface area contributed by atoms with E-state index in [1.165, 1.54) is 44.2 Å². The molecule has 2 aromatic carbocycles. The fourth-order valence-electron chi connectivity index (χ4n) is 6.15. The molecule has 2 nitrogen and oxygen atoms in total. The lowest BCUT2D eigenvalue weighted by atomic mass is 9.87. The van der Waals surface area contributed by atoms with E-state index in [1.54, 1.807) is 0 Å². The fraction of sp³-hybridized carbons (Fsp3) is 0.200. The van der Waals surface area contributed by atoms with E-state index < -0.39 is 0 Å². The van der Waals surface area contributed by atoms with Gasteiger partial charge in [-0.15, -0.1) is 11.3 Å². The van der Waals surface area contributed by atoms with Gasteiger partial charge in [0.1, 0.15) is 0 Å². The first-order chi connectivity index (χ1) is 16.3. The second-order valence-electron chi connectivity index (χ2n) is 9.33. The van der Waals surface area contributed by atoms with E-state index in [0.717, 1.165) is 12.8 Å². The minimum Gasteiger partial charge on any atom is -0.363 e. The van der Waals surface area contributed by atoms with Gasteiger partial charge in [0.2, 0.25) is 0 Å². The van der Waals surface area contributed by atoms with Crippen LogP contribution in [0.25, 0.3) is 5.57 Å². The zero-order valence-corrected chi connectivity index (χ0v) is 19.5. The number of hydrogen-bond acceptors (Lipinski definition) is 3. The molecule has 0 amide bonds. The lowest BCUT2D eigenvalue weighted by Gasteiger charge is -2.38. The summed E-state index contributed by atoms with van der Waals surface area (Å²) in [6.45, 7) is 0. The third-order valence-corrected chi connectivity index (χ3v) is 8.61. The maximum absolute atomic E-state index is 2.51. The van der Waals surface area contributed by atoms with Crippen molar-refractivity contribution in [1.29, 1.82) is 0 Å². The highest BCUT2D eigenvalue weighted by Gasteiger charge is 2.37. The normalized spacial score (nSPS) is 24.6. The number of hydrogen-bond donors (Lipinski definition) is 0. The van der Waals surface area contributed by atoms with Gasteiger partial charge in [0.25, 0.3) is 0 Å². The van der Waals surface area contributed by atoms with Crippen LogP contribution in [0.5, 0.6) is 0 Å². The van der Waals surface area contributed by atoms with Crippen molar-refractivity contribution >= 4 is 28.3 Å². The van der Waals surface area contributed by atoms with Crippen molar-refractivity contribution in [3.8, 4) is 0 Å². The predicted molar refractivity (Wildman–Crippen MR) is 139 cm³/mol. The van der Waals surface area contributed by atoms with Gasteiger partial charge < -0.3 is 9.80 Å². The van der Waals surface area contributed by atoms with Crippen LogP contribution in [0.4, 0.5) is 11.4 Å². The number of para-hydroxylation sites is 1.